The number of halogens is 1. The average Bonchev–Trinajstić information content (AvgIpc) is 3.25. The first-order chi connectivity index (χ1) is 15.1. The summed E-state index contributed by atoms with van der Waals surface area (Å²) in [5.41, 5.74) is 7.78. The van der Waals surface area contributed by atoms with E-state index in [4.69, 9.17) is 30.2 Å². The van der Waals surface area contributed by atoms with E-state index in [-0.39, 0.29) is 30.7 Å². The summed E-state index contributed by atoms with van der Waals surface area (Å²) in [6.07, 6.45) is 1.72. The maximum atomic E-state index is 6.03. The van der Waals surface area contributed by atoms with Gasteiger partial charge in [0.15, 0.2) is 0 Å². The Kier molecular flexibility index (Phi) is 6.75. The summed E-state index contributed by atoms with van der Waals surface area (Å²) in [6, 6.07) is 8.07. The number of hydrogen-bond donors (Lipinski definition) is 1. The maximum absolute atomic E-state index is 6.03. The van der Waals surface area contributed by atoms with Crippen LogP contribution < -0.4 is 15.5 Å². The molecule has 3 aromatic rings. The largest absolute Gasteiger partial charge is 0.378 e. The van der Waals surface area contributed by atoms with Crippen molar-refractivity contribution in [2.75, 3.05) is 49.2 Å². The number of nitrogens with zero attached hydrogens (tertiary/aromatic N) is 7. The van der Waals surface area contributed by atoms with Gasteiger partial charge in [-0.3, -0.25) is 4.57 Å². The molecule has 2 aliphatic heterocycles. The predicted octanol–water partition coefficient (Wildman–Crippen LogP) is 1.41. The topological polar surface area (TPSA) is 107 Å². The Balaban J connectivity index is 0.00000245. The fraction of sp³-hybridized carbons (Fsp3) is 0.524. The first-order valence-corrected chi connectivity index (χ1v) is 10.8. The minimum Gasteiger partial charge on any atom is -0.378 e. The molecule has 5 rings (SSSR count). The van der Waals surface area contributed by atoms with Gasteiger partial charge in [0, 0.05) is 26.2 Å². The lowest BCUT2D eigenvalue weighted by atomic mass is 10.1. The first kappa shape index (κ1) is 22.7. The van der Waals surface area contributed by atoms with Crippen molar-refractivity contribution < 1.29 is 9.47 Å². The lowest BCUT2D eigenvalue weighted by molar-refractivity contribution is -0.0310. The molecule has 0 saturated carbocycles. The molecule has 172 valence electrons. The van der Waals surface area contributed by atoms with Crippen molar-refractivity contribution in [3.63, 3.8) is 0 Å². The van der Waals surface area contributed by atoms with Crippen LogP contribution in [0.4, 0.5) is 11.9 Å². The molecule has 2 aliphatic rings. The van der Waals surface area contributed by atoms with Crippen LogP contribution in [0.5, 0.6) is 0 Å². The van der Waals surface area contributed by atoms with E-state index in [2.05, 4.69) is 28.6 Å². The van der Waals surface area contributed by atoms with Crippen molar-refractivity contribution in [3.8, 4) is 5.95 Å². The van der Waals surface area contributed by atoms with E-state index in [1.807, 2.05) is 28.8 Å². The SMILES string of the molecule is CC1OC(CN)CN(c2nc(N3CCOCC3)nc(-n3cnc4ccccc43)n2)C1C.Cl. The quantitative estimate of drug-likeness (QED) is 0.618. The van der Waals surface area contributed by atoms with Crippen molar-refractivity contribution in [1.29, 1.82) is 0 Å². The third-order valence-corrected chi connectivity index (χ3v) is 6.06. The number of imidazole rings is 1. The van der Waals surface area contributed by atoms with Gasteiger partial charge in [-0.15, -0.1) is 12.4 Å². The number of nitrogens with two attached hydrogens (primary N) is 1. The standard InChI is InChI=1S/C21H28N8O2.ClH/c1-14-15(2)31-16(11-22)12-28(14)20-24-19(27-7-9-30-10-8-27)25-21(26-20)29-13-23-17-5-3-4-6-18(17)29;/h3-6,13-16H,7-12,22H2,1-2H3;1H. The van der Waals surface area contributed by atoms with Crippen LogP contribution in [-0.2, 0) is 9.47 Å². The minimum atomic E-state index is -0.0627. The number of fused-ring (bicyclic) bond motifs is 1. The third kappa shape index (κ3) is 4.23. The molecule has 10 nitrogen and oxygen atoms in total. The van der Waals surface area contributed by atoms with Crippen LogP contribution in [0.3, 0.4) is 0 Å². The van der Waals surface area contributed by atoms with E-state index < -0.39 is 0 Å². The van der Waals surface area contributed by atoms with Crippen molar-refractivity contribution in [2.24, 2.45) is 5.73 Å². The maximum Gasteiger partial charge on any atom is 0.242 e. The van der Waals surface area contributed by atoms with Crippen LogP contribution in [0, 0.1) is 0 Å². The van der Waals surface area contributed by atoms with E-state index >= 15 is 0 Å². The number of rotatable bonds is 4. The fourth-order valence-corrected chi connectivity index (χ4v) is 4.10. The Labute approximate surface area is 193 Å². The van der Waals surface area contributed by atoms with Crippen LogP contribution in [0.1, 0.15) is 13.8 Å². The van der Waals surface area contributed by atoms with Gasteiger partial charge in [0.2, 0.25) is 17.8 Å². The minimum absolute atomic E-state index is 0. The summed E-state index contributed by atoms with van der Waals surface area (Å²) < 4.78 is 13.5. The molecule has 0 spiro atoms. The number of morpholine rings is 2. The van der Waals surface area contributed by atoms with E-state index in [1.54, 1.807) is 6.33 Å². The zero-order valence-corrected chi connectivity index (χ0v) is 19.1. The van der Waals surface area contributed by atoms with Gasteiger partial charge in [0.05, 0.1) is 42.5 Å². The molecular weight excluding hydrogens is 432 g/mol. The normalized spacial score (nSPS) is 23.9. The lowest BCUT2D eigenvalue weighted by Crippen LogP contribution is -2.55. The second kappa shape index (κ2) is 9.53. The van der Waals surface area contributed by atoms with Gasteiger partial charge < -0.3 is 25.0 Å². The van der Waals surface area contributed by atoms with Crippen molar-refractivity contribution in [1.82, 2.24) is 24.5 Å². The lowest BCUT2D eigenvalue weighted by Gasteiger charge is -2.42. The number of aromatic nitrogens is 5. The molecule has 1 aromatic carbocycles. The molecule has 2 fully saturated rings. The highest BCUT2D eigenvalue weighted by Crippen LogP contribution is 2.26. The summed E-state index contributed by atoms with van der Waals surface area (Å²) in [4.78, 5) is 23.4. The number of ether oxygens (including phenoxy) is 2. The third-order valence-electron chi connectivity index (χ3n) is 6.06. The van der Waals surface area contributed by atoms with Crippen LogP contribution in [-0.4, -0.2) is 82.1 Å². The highest BCUT2D eigenvalue weighted by atomic mass is 35.5. The summed E-state index contributed by atoms with van der Waals surface area (Å²) in [5, 5.41) is 0. The summed E-state index contributed by atoms with van der Waals surface area (Å²) in [5.74, 6) is 1.83. The first-order valence-electron chi connectivity index (χ1n) is 10.8. The van der Waals surface area contributed by atoms with Gasteiger partial charge in [0.1, 0.15) is 6.33 Å². The molecule has 0 aliphatic carbocycles. The van der Waals surface area contributed by atoms with Crippen LogP contribution >= 0.6 is 12.4 Å². The fourth-order valence-electron chi connectivity index (χ4n) is 4.10. The smallest absolute Gasteiger partial charge is 0.242 e. The zero-order chi connectivity index (χ0) is 21.4. The van der Waals surface area contributed by atoms with Crippen LogP contribution in [0.15, 0.2) is 30.6 Å². The highest BCUT2D eigenvalue weighted by Gasteiger charge is 2.33. The monoisotopic (exact) mass is 460 g/mol. The van der Waals surface area contributed by atoms with Crippen molar-refractivity contribution in [3.05, 3.63) is 30.6 Å². The molecule has 0 amide bonds. The van der Waals surface area contributed by atoms with Crippen molar-refractivity contribution in [2.45, 2.75) is 32.1 Å². The Bertz CT molecular complexity index is 1060. The van der Waals surface area contributed by atoms with Gasteiger partial charge in [-0.1, -0.05) is 12.1 Å². The summed E-state index contributed by atoms with van der Waals surface area (Å²) in [6.45, 7) is 8.08. The molecule has 2 aromatic heterocycles. The summed E-state index contributed by atoms with van der Waals surface area (Å²) >= 11 is 0. The molecule has 4 heterocycles. The second-order valence-electron chi connectivity index (χ2n) is 8.03. The number of anilines is 2. The number of benzene rings is 1. The second-order valence-corrected chi connectivity index (χ2v) is 8.03. The Morgan fingerprint density at radius 3 is 2.53 bits per heavy atom. The van der Waals surface area contributed by atoms with Crippen LogP contribution in [0.25, 0.3) is 17.0 Å². The molecule has 3 atom stereocenters. The predicted molar refractivity (Wildman–Crippen MR) is 125 cm³/mol. The van der Waals surface area contributed by atoms with Gasteiger partial charge in [-0.25, -0.2) is 4.98 Å². The zero-order valence-electron chi connectivity index (χ0n) is 18.3. The molecule has 2 saturated heterocycles. The molecule has 2 N–H and O–H groups in total. The van der Waals surface area contributed by atoms with Gasteiger partial charge in [0.25, 0.3) is 0 Å². The summed E-state index contributed by atoms with van der Waals surface area (Å²) in [7, 11) is 0. The van der Waals surface area contributed by atoms with Gasteiger partial charge in [-0.2, -0.15) is 15.0 Å². The molecule has 0 radical (unpaired) electrons. The van der Waals surface area contributed by atoms with E-state index in [0.29, 0.717) is 44.1 Å². The number of hydrogen-bond acceptors (Lipinski definition) is 9. The van der Waals surface area contributed by atoms with E-state index in [0.717, 1.165) is 24.1 Å². The molecule has 32 heavy (non-hydrogen) atoms. The average molecular weight is 461 g/mol. The van der Waals surface area contributed by atoms with E-state index in [9.17, 15) is 0 Å². The van der Waals surface area contributed by atoms with Crippen LogP contribution in [0.2, 0.25) is 0 Å². The Morgan fingerprint density at radius 2 is 1.75 bits per heavy atom. The molecule has 0 bridgehead atoms. The highest BCUT2D eigenvalue weighted by molar-refractivity contribution is 5.85. The Hall–Kier alpha value is -2.53. The Morgan fingerprint density at radius 1 is 1.03 bits per heavy atom. The molecular formula is C21H29ClN8O2. The van der Waals surface area contributed by atoms with Gasteiger partial charge >= 0.3 is 0 Å². The molecule has 11 heteroatoms. The van der Waals surface area contributed by atoms with E-state index in [1.165, 1.54) is 0 Å². The van der Waals surface area contributed by atoms with Crippen molar-refractivity contribution >= 4 is 35.3 Å². The number of para-hydroxylation sites is 2. The molecule has 3 unspecified atom stereocenters. The van der Waals surface area contributed by atoms with Gasteiger partial charge in [-0.05, 0) is 26.0 Å².